The van der Waals surface area contributed by atoms with E-state index in [9.17, 15) is 19.2 Å². The summed E-state index contributed by atoms with van der Waals surface area (Å²) in [5.74, 6) is -1.60. The van der Waals surface area contributed by atoms with Crippen molar-refractivity contribution >= 4 is 23.7 Å². The second kappa shape index (κ2) is 9.33. The summed E-state index contributed by atoms with van der Waals surface area (Å²) in [4.78, 5) is 50.1. The number of piperidine rings is 1. The van der Waals surface area contributed by atoms with E-state index in [-0.39, 0.29) is 23.7 Å². The Kier molecular flexibility index (Phi) is 7.39. The lowest BCUT2D eigenvalue weighted by molar-refractivity contribution is -0.156. The van der Waals surface area contributed by atoms with E-state index in [1.807, 2.05) is 20.8 Å². The number of rotatable bonds is 4. The van der Waals surface area contributed by atoms with Crippen LogP contribution in [0.25, 0.3) is 0 Å². The molecule has 2 aliphatic rings. The first-order valence-electron chi connectivity index (χ1n) is 9.98. The van der Waals surface area contributed by atoms with Gasteiger partial charge in [0.1, 0.15) is 0 Å². The standard InChI is InChI=1S/C20H32N2O5/c1-20(2,3)19(26)22-11-9-15(10-12-22)18(25)27-13-16(23)21-17(24)14-7-5-4-6-8-14/h14-15H,4-13H2,1-3H3,(H,21,23,24). The molecule has 1 saturated carbocycles. The van der Waals surface area contributed by atoms with E-state index in [1.165, 1.54) is 0 Å². The van der Waals surface area contributed by atoms with Crippen molar-refractivity contribution in [3.05, 3.63) is 0 Å². The predicted octanol–water partition coefficient (Wildman–Crippen LogP) is 2.04. The van der Waals surface area contributed by atoms with Crippen molar-refractivity contribution < 1.29 is 23.9 Å². The molecule has 0 radical (unpaired) electrons. The third-order valence-corrected chi connectivity index (χ3v) is 5.34. The molecular weight excluding hydrogens is 348 g/mol. The zero-order chi connectivity index (χ0) is 20.0. The van der Waals surface area contributed by atoms with Gasteiger partial charge in [-0.1, -0.05) is 40.0 Å². The van der Waals surface area contributed by atoms with Crippen LogP contribution in [0.2, 0.25) is 0 Å². The highest BCUT2D eigenvalue weighted by Crippen LogP contribution is 2.25. The van der Waals surface area contributed by atoms with Gasteiger partial charge in [-0.05, 0) is 25.7 Å². The zero-order valence-electron chi connectivity index (χ0n) is 16.7. The predicted molar refractivity (Wildman–Crippen MR) is 99.4 cm³/mol. The smallest absolute Gasteiger partial charge is 0.309 e. The highest BCUT2D eigenvalue weighted by Gasteiger charge is 2.33. The van der Waals surface area contributed by atoms with Crippen LogP contribution in [0.3, 0.4) is 0 Å². The molecule has 1 N–H and O–H groups in total. The molecule has 0 spiro atoms. The van der Waals surface area contributed by atoms with E-state index in [0.29, 0.717) is 25.9 Å². The van der Waals surface area contributed by atoms with E-state index in [4.69, 9.17) is 4.74 Å². The molecular formula is C20H32N2O5. The molecule has 27 heavy (non-hydrogen) atoms. The summed E-state index contributed by atoms with van der Waals surface area (Å²) in [6.07, 6.45) is 5.84. The van der Waals surface area contributed by atoms with Gasteiger partial charge in [0, 0.05) is 24.4 Å². The Bertz CT molecular complexity index is 567. The third-order valence-electron chi connectivity index (χ3n) is 5.34. The topological polar surface area (TPSA) is 92.8 Å². The first kappa shape index (κ1) is 21.4. The Hall–Kier alpha value is -1.92. The average Bonchev–Trinajstić information content (AvgIpc) is 2.65. The van der Waals surface area contributed by atoms with Gasteiger partial charge in [-0.3, -0.25) is 24.5 Å². The number of esters is 1. The van der Waals surface area contributed by atoms with Crippen molar-refractivity contribution in [1.29, 1.82) is 0 Å². The fraction of sp³-hybridized carbons (Fsp3) is 0.800. The summed E-state index contributed by atoms with van der Waals surface area (Å²) < 4.78 is 5.09. The van der Waals surface area contributed by atoms with Crippen molar-refractivity contribution in [2.75, 3.05) is 19.7 Å². The van der Waals surface area contributed by atoms with Crippen LogP contribution in [0.4, 0.5) is 0 Å². The average molecular weight is 380 g/mol. The minimum atomic E-state index is -0.570. The number of hydrogen-bond donors (Lipinski definition) is 1. The second-order valence-electron chi connectivity index (χ2n) is 8.67. The lowest BCUT2D eigenvalue weighted by Crippen LogP contribution is -2.45. The number of amides is 3. The third kappa shape index (κ3) is 6.33. The lowest BCUT2D eigenvalue weighted by Gasteiger charge is -2.34. The van der Waals surface area contributed by atoms with Crippen LogP contribution in [-0.4, -0.2) is 48.3 Å². The number of nitrogens with one attached hydrogen (secondary N) is 1. The number of carbonyl (C=O) groups is 4. The van der Waals surface area contributed by atoms with E-state index < -0.39 is 23.9 Å². The maximum absolute atomic E-state index is 12.3. The van der Waals surface area contributed by atoms with E-state index in [0.717, 1.165) is 32.1 Å². The molecule has 2 rings (SSSR count). The molecule has 0 aromatic heterocycles. The number of likely N-dealkylation sites (tertiary alicyclic amines) is 1. The number of nitrogens with zero attached hydrogens (tertiary/aromatic N) is 1. The molecule has 0 aromatic rings. The van der Waals surface area contributed by atoms with E-state index >= 15 is 0 Å². The summed E-state index contributed by atoms with van der Waals surface area (Å²) in [5.41, 5.74) is -0.434. The molecule has 3 amide bonds. The largest absolute Gasteiger partial charge is 0.455 e. The zero-order valence-corrected chi connectivity index (χ0v) is 16.7. The molecule has 0 aromatic carbocycles. The van der Waals surface area contributed by atoms with Gasteiger partial charge >= 0.3 is 5.97 Å². The van der Waals surface area contributed by atoms with E-state index in [1.54, 1.807) is 4.90 Å². The molecule has 0 atom stereocenters. The van der Waals surface area contributed by atoms with Crippen LogP contribution in [0.1, 0.15) is 65.7 Å². The van der Waals surface area contributed by atoms with Crippen molar-refractivity contribution in [3.63, 3.8) is 0 Å². The van der Waals surface area contributed by atoms with Gasteiger partial charge in [-0.25, -0.2) is 0 Å². The molecule has 7 nitrogen and oxygen atoms in total. The van der Waals surface area contributed by atoms with Gasteiger partial charge in [-0.2, -0.15) is 0 Å². The fourth-order valence-corrected chi connectivity index (χ4v) is 3.69. The van der Waals surface area contributed by atoms with Crippen LogP contribution in [0.5, 0.6) is 0 Å². The maximum Gasteiger partial charge on any atom is 0.309 e. The van der Waals surface area contributed by atoms with Gasteiger partial charge in [0.25, 0.3) is 5.91 Å². The minimum Gasteiger partial charge on any atom is -0.455 e. The number of ether oxygens (including phenoxy) is 1. The van der Waals surface area contributed by atoms with E-state index in [2.05, 4.69) is 5.32 Å². The Morgan fingerprint density at radius 2 is 1.52 bits per heavy atom. The first-order valence-corrected chi connectivity index (χ1v) is 9.98. The maximum atomic E-state index is 12.3. The molecule has 0 unspecified atom stereocenters. The normalized spacial score (nSPS) is 19.4. The van der Waals surface area contributed by atoms with Crippen molar-refractivity contribution in [3.8, 4) is 0 Å². The lowest BCUT2D eigenvalue weighted by atomic mass is 9.89. The van der Waals surface area contributed by atoms with Gasteiger partial charge in [0.15, 0.2) is 6.61 Å². The summed E-state index contributed by atoms with van der Waals surface area (Å²) >= 11 is 0. The van der Waals surface area contributed by atoms with Crippen molar-refractivity contribution in [2.24, 2.45) is 17.3 Å². The van der Waals surface area contributed by atoms with Crippen LogP contribution >= 0.6 is 0 Å². The molecule has 1 aliphatic heterocycles. The summed E-state index contributed by atoms with van der Waals surface area (Å²) in [6.45, 7) is 6.23. The molecule has 1 aliphatic carbocycles. The minimum absolute atomic E-state index is 0.0786. The summed E-state index contributed by atoms with van der Waals surface area (Å²) in [6, 6.07) is 0. The number of carbonyl (C=O) groups excluding carboxylic acids is 4. The van der Waals surface area contributed by atoms with Crippen molar-refractivity contribution in [1.82, 2.24) is 10.2 Å². The molecule has 0 bridgehead atoms. The van der Waals surface area contributed by atoms with Gasteiger partial charge in [0.2, 0.25) is 11.8 Å². The second-order valence-corrected chi connectivity index (χ2v) is 8.67. The van der Waals surface area contributed by atoms with Gasteiger partial charge in [0.05, 0.1) is 5.92 Å². The molecule has 1 heterocycles. The highest BCUT2D eigenvalue weighted by molar-refractivity contribution is 5.97. The molecule has 2 fully saturated rings. The number of hydrogen-bond acceptors (Lipinski definition) is 5. The fourth-order valence-electron chi connectivity index (χ4n) is 3.69. The SMILES string of the molecule is CC(C)(C)C(=O)N1CCC(C(=O)OCC(=O)NC(=O)C2CCCCC2)CC1. The number of imide groups is 1. The quantitative estimate of drug-likeness (QED) is 0.754. The highest BCUT2D eigenvalue weighted by atomic mass is 16.5. The van der Waals surface area contributed by atoms with Crippen LogP contribution in [0, 0.1) is 17.3 Å². The molecule has 152 valence electrons. The van der Waals surface area contributed by atoms with Crippen LogP contribution in [0.15, 0.2) is 0 Å². The van der Waals surface area contributed by atoms with Crippen molar-refractivity contribution in [2.45, 2.75) is 65.7 Å². The van der Waals surface area contributed by atoms with Gasteiger partial charge < -0.3 is 9.64 Å². The Labute approximate surface area is 161 Å². The van der Waals surface area contributed by atoms with Gasteiger partial charge in [-0.15, -0.1) is 0 Å². The molecule has 1 saturated heterocycles. The Balaban J connectivity index is 1.69. The summed E-state index contributed by atoms with van der Waals surface area (Å²) in [7, 11) is 0. The monoisotopic (exact) mass is 380 g/mol. The Morgan fingerprint density at radius 1 is 0.926 bits per heavy atom. The first-order chi connectivity index (χ1) is 12.7. The summed E-state index contributed by atoms with van der Waals surface area (Å²) in [5, 5.41) is 2.34. The van der Waals surface area contributed by atoms with Crippen LogP contribution in [-0.2, 0) is 23.9 Å². The molecule has 7 heteroatoms. The Morgan fingerprint density at radius 3 is 2.07 bits per heavy atom. The van der Waals surface area contributed by atoms with Crippen LogP contribution < -0.4 is 5.32 Å².